The Bertz CT molecular complexity index is 956. The van der Waals surface area contributed by atoms with Crippen molar-refractivity contribution in [2.75, 3.05) is 13.2 Å². The molecule has 0 radical (unpaired) electrons. The highest BCUT2D eigenvalue weighted by Crippen LogP contribution is 2.30. The molecule has 0 saturated carbocycles. The van der Waals surface area contributed by atoms with E-state index in [9.17, 15) is 9.18 Å². The summed E-state index contributed by atoms with van der Waals surface area (Å²) in [7, 11) is 0. The molecule has 0 unspecified atom stereocenters. The van der Waals surface area contributed by atoms with E-state index in [0.29, 0.717) is 17.1 Å². The highest BCUT2D eigenvalue weighted by molar-refractivity contribution is 7.99. The van der Waals surface area contributed by atoms with E-state index in [2.05, 4.69) is 10.3 Å². The standard InChI is InChI=1S/C21H19FN2O2S/c22-14-7-9-16(10-8-14)27-20-12-18(17-5-1-2-6-19(17)24-20)21(25)23-13-15-4-3-11-26-15/h1-2,5-10,12,15H,3-4,11,13H2,(H,23,25)/t15-/m0/s1. The monoisotopic (exact) mass is 382 g/mol. The van der Waals surface area contributed by atoms with Crippen LogP contribution in [0.5, 0.6) is 0 Å². The number of fused-ring (bicyclic) bond motifs is 1. The number of nitrogens with one attached hydrogen (secondary N) is 1. The van der Waals surface area contributed by atoms with Gasteiger partial charge < -0.3 is 10.1 Å². The van der Waals surface area contributed by atoms with Crippen LogP contribution < -0.4 is 5.32 Å². The van der Waals surface area contributed by atoms with Gasteiger partial charge in [-0.2, -0.15) is 0 Å². The molecule has 6 heteroatoms. The average molecular weight is 382 g/mol. The number of pyridine rings is 1. The molecule has 1 saturated heterocycles. The Hall–Kier alpha value is -2.44. The summed E-state index contributed by atoms with van der Waals surface area (Å²) < 4.78 is 18.7. The average Bonchev–Trinajstić information content (AvgIpc) is 3.21. The van der Waals surface area contributed by atoms with E-state index >= 15 is 0 Å². The summed E-state index contributed by atoms with van der Waals surface area (Å²) in [4.78, 5) is 18.3. The van der Waals surface area contributed by atoms with Crippen LogP contribution in [0, 0.1) is 5.82 Å². The van der Waals surface area contributed by atoms with Crippen molar-refractivity contribution in [3.63, 3.8) is 0 Å². The number of hydrogen-bond acceptors (Lipinski definition) is 4. The largest absolute Gasteiger partial charge is 0.376 e. The Balaban J connectivity index is 1.61. The van der Waals surface area contributed by atoms with Gasteiger partial charge in [-0.25, -0.2) is 9.37 Å². The van der Waals surface area contributed by atoms with Crippen LogP contribution >= 0.6 is 11.8 Å². The molecule has 0 aliphatic carbocycles. The fraction of sp³-hybridized carbons (Fsp3) is 0.238. The summed E-state index contributed by atoms with van der Waals surface area (Å²) in [6, 6.07) is 15.6. The Labute approximate surface area is 161 Å². The predicted octanol–water partition coefficient (Wildman–Crippen LogP) is 4.43. The second-order valence-corrected chi connectivity index (χ2v) is 7.52. The first-order valence-electron chi connectivity index (χ1n) is 8.92. The lowest BCUT2D eigenvalue weighted by Gasteiger charge is -2.13. The van der Waals surface area contributed by atoms with Gasteiger partial charge in [0.1, 0.15) is 10.8 Å². The molecule has 4 nitrogen and oxygen atoms in total. The molecule has 27 heavy (non-hydrogen) atoms. The SMILES string of the molecule is O=C(NC[C@@H]1CCCO1)c1cc(Sc2ccc(F)cc2)nc2ccccc12. The maximum Gasteiger partial charge on any atom is 0.252 e. The normalized spacial score (nSPS) is 16.6. The summed E-state index contributed by atoms with van der Waals surface area (Å²) in [6.07, 6.45) is 2.11. The third-order valence-electron chi connectivity index (χ3n) is 4.49. The molecule has 1 aromatic heterocycles. The van der Waals surface area contributed by atoms with Crippen LogP contribution in [0.15, 0.2) is 64.5 Å². The Kier molecular flexibility index (Phi) is 5.36. The van der Waals surface area contributed by atoms with Crippen molar-refractivity contribution >= 4 is 28.6 Å². The van der Waals surface area contributed by atoms with Crippen LogP contribution in [0.2, 0.25) is 0 Å². The van der Waals surface area contributed by atoms with Gasteiger partial charge in [0.05, 0.1) is 17.2 Å². The summed E-state index contributed by atoms with van der Waals surface area (Å²) >= 11 is 1.40. The summed E-state index contributed by atoms with van der Waals surface area (Å²) in [5, 5.41) is 4.49. The third kappa shape index (κ3) is 4.28. The lowest BCUT2D eigenvalue weighted by Crippen LogP contribution is -2.31. The van der Waals surface area contributed by atoms with Crippen LogP contribution in [-0.2, 0) is 4.74 Å². The number of carbonyl (C=O) groups excluding carboxylic acids is 1. The lowest BCUT2D eigenvalue weighted by atomic mass is 10.1. The number of carbonyl (C=O) groups is 1. The van der Waals surface area contributed by atoms with Gasteiger partial charge in [0.15, 0.2) is 0 Å². The zero-order valence-corrected chi connectivity index (χ0v) is 15.5. The number of aromatic nitrogens is 1. The molecule has 0 bridgehead atoms. The number of benzene rings is 2. The van der Waals surface area contributed by atoms with Crippen molar-refractivity contribution in [1.29, 1.82) is 0 Å². The Morgan fingerprint density at radius 3 is 2.81 bits per heavy atom. The van der Waals surface area contributed by atoms with Gasteiger partial charge in [-0.05, 0) is 49.2 Å². The molecule has 4 rings (SSSR count). The van der Waals surface area contributed by atoms with Crippen molar-refractivity contribution in [3.05, 3.63) is 66.0 Å². The van der Waals surface area contributed by atoms with E-state index in [1.165, 1.54) is 23.9 Å². The van der Waals surface area contributed by atoms with Crippen LogP contribution in [0.4, 0.5) is 4.39 Å². The molecule has 1 fully saturated rings. The lowest BCUT2D eigenvalue weighted by molar-refractivity contribution is 0.0859. The predicted molar refractivity (Wildman–Crippen MR) is 104 cm³/mol. The van der Waals surface area contributed by atoms with Gasteiger partial charge in [0.25, 0.3) is 5.91 Å². The molecule has 3 aromatic rings. The minimum absolute atomic E-state index is 0.0927. The van der Waals surface area contributed by atoms with Gasteiger partial charge in [-0.1, -0.05) is 30.0 Å². The highest BCUT2D eigenvalue weighted by Gasteiger charge is 2.18. The Morgan fingerprint density at radius 1 is 1.22 bits per heavy atom. The van der Waals surface area contributed by atoms with Gasteiger partial charge in [0, 0.05) is 23.4 Å². The molecule has 1 atom stereocenters. The molecule has 1 aliphatic rings. The first-order valence-corrected chi connectivity index (χ1v) is 9.74. The van der Waals surface area contributed by atoms with Gasteiger partial charge in [-0.15, -0.1) is 0 Å². The second kappa shape index (κ2) is 8.06. The van der Waals surface area contributed by atoms with Crippen LogP contribution in [0.3, 0.4) is 0 Å². The number of halogens is 1. The Morgan fingerprint density at radius 2 is 2.04 bits per heavy atom. The zero-order valence-electron chi connectivity index (χ0n) is 14.7. The molecular formula is C21H19FN2O2S. The zero-order chi connectivity index (χ0) is 18.6. The van der Waals surface area contributed by atoms with Gasteiger partial charge >= 0.3 is 0 Å². The maximum absolute atomic E-state index is 13.1. The van der Waals surface area contributed by atoms with E-state index in [4.69, 9.17) is 4.74 Å². The first-order chi connectivity index (χ1) is 13.2. The molecule has 0 spiro atoms. The van der Waals surface area contributed by atoms with Crippen LogP contribution in [0.1, 0.15) is 23.2 Å². The van der Waals surface area contributed by atoms with E-state index in [1.54, 1.807) is 18.2 Å². The van der Waals surface area contributed by atoms with Gasteiger partial charge in [0.2, 0.25) is 0 Å². The third-order valence-corrected chi connectivity index (χ3v) is 5.41. The first kappa shape index (κ1) is 17.9. The molecule has 2 aromatic carbocycles. The van der Waals surface area contributed by atoms with E-state index < -0.39 is 0 Å². The number of nitrogens with zero attached hydrogens (tertiary/aromatic N) is 1. The highest BCUT2D eigenvalue weighted by atomic mass is 32.2. The number of ether oxygens (including phenoxy) is 1. The minimum atomic E-state index is -0.278. The quantitative estimate of drug-likeness (QED) is 0.709. The topological polar surface area (TPSA) is 51.2 Å². The van der Waals surface area contributed by atoms with Crippen molar-refractivity contribution in [2.45, 2.75) is 28.9 Å². The minimum Gasteiger partial charge on any atom is -0.376 e. The van der Waals surface area contributed by atoms with Crippen LogP contribution in [0.25, 0.3) is 10.9 Å². The maximum atomic E-state index is 13.1. The summed E-state index contributed by atoms with van der Waals surface area (Å²) in [6.45, 7) is 1.27. The number of hydrogen-bond donors (Lipinski definition) is 1. The smallest absolute Gasteiger partial charge is 0.252 e. The fourth-order valence-corrected chi connectivity index (χ4v) is 3.96. The second-order valence-electron chi connectivity index (χ2n) is 6.43. The molecule has 1 N–H and O–H groups in total. The van der Waals surface area contributed by atoms with Gasteiger partial charge in [-0.3, -0.25) is 4.79 Å². The van der Waals surface area contributed by atoms with E-state index in [0.717, 1.165) is 35.2 Å². The van der Waals surface area contributed by atoms with Crippen molar-refractivity contribution in [1.82, 2.24) is 10.3 Å². The summed E-state index contributed by atoms with van der Waals surface area (Å²) in [5.74, 6) is -0.412. The molecule has 138 valence electrons. The summed E-state index contributed by atoms with van der Waals surface area (Å²) in [5.41, 5.74) is 1.34. The number of rotatable bonds is 5. The van der Waals surface area contributed by atoms with Crippen molar-refractivity contribution in [3.8, 4) is 0 Å². The van der Waals surface area contributed by atoms with Crippen LogP contribution in [-0.4, -0.2) is 30.1 Å². The van der Waals surface area contributed by atoms with Crippen molar-refractivity contribution < 1.29 is 13.9 Å². The fourth-order valence-electron chi connectivity index (χ4n) is 3.12. The number of amides is 1. The molecule has 1 aliphatic heterocycles. The van der Waals surface area contributed by atoms with Crippen molar-refractivity contribution in [2.24, 2.45) is 0 Å². The van der Waals surface area contributed by atoms with E-state index in [1.807, 2.05) is 24.3 Å². The molecule has 2 heterocycles. The van der Waals surface area contributed by atoms with E-state index in [-0.39, 0.29) is 17.8 Å². The number of para-hydroxylation sites is 1. The molecular weight excluding hydrogens is 363 g/mol. The molecule has 1 amide bonds.